The highest BCUT2D eigenvalue weighted by molar-refractivity contribution is 5.91. The molecule has 0 saturated carbocycles. The van der Waals surface area contributed by atoms with Crippen molar-refractivity contribution in [1.29, 1.82) is 0 Å². The molecule has 1 rings (SSSR count). The zero-order valence-electron chi connectivity index (χ0n) is 17.1. The molecule has 0 aromatic heterocycles. The van der Waals surface area contributed by atoms with Gasteiger partial charge in [0.25, 0.3) is 5.91 Å². The molecule has 4 unspecified atom stereocenters. The first kappa shape index (κ1) is 23.6. The van der Waals surface area contributed by atoms with Gasteiger partial charge in [0.1, 0.15) is 12.1 Å². The lowest BCUT2D eigenvalue weighted by molar-refractivity contribution is -0.145. The fraction of sp³-hybridized carbons (Fsp3) is 0.550. The Bertz CT molecular complexity index is 675. The standard InChI is InChI=1S/C20H31N3O5/c1-11(2)10-15(20(27)28-5)23-18(25)13(4)22-19(26)17(24)16(21)14-8-6-12(3)7-9-14/h6-9,11,13,15-17,24H,10,21H2,1-5H3,(H,22,26)(H,23,25). The number of methoxy groups -OCH3 is 1. The van der Waals surface area contributed by atoms with Crippen LogP contribution in [0.2, 0.25) is 0 Å². The van der Waals surface area contributed by atoms with Gasteiger partial charge in [-0.25, -0.2) is 4.79 Å². The minimum Gasteiger partial charge on any atom is -0.467 e. The highest BCUT2D eigenvalue weighted by Crippen LogP contribution is 2.15. The molecule has 28 heavy (non-hydrogen) atoms. The molecule has 0 fully saturated rings. The van der Waals surface area contributed by atoms with Crippen LogP contribution in [0.4, 0.5) is 0 Å². The van der Waals surface area contributed by atoms with Crippen LogP contribution in [0.25, 0.3) is 0 Å². The maximum atomic E-state index is 12.3. The summed E-state index contributed by atoms with van der Waals surface area (Å²) in [5.74, 6) is -1.72. The lowest BCUT2D eigenvalue weighted by Crippen LogP contribution is -2.53. The van der Waals surface area contributed by atoms with Crippen molar-refractivity contribution in [3.63, 3.8) is 0 Å². The molecular formula is C20H31N3O5. The minimum absolute atomic E-state index is 0.156. The first-order valence-electron chi connectivity index (χ1n) is 9.25. The predicted octanol–water partition coefficient (Wildman–Crippen LogP) is 0.564. The van der Waals surface area contributed by atoms with Crippen LogP contribution in [0.3, 0.4) is 0 Å². The van der Waals surface area contributed by atoms with Crippen LogP contribution in [-0.2, 0) is 19.1 Å². The van der Waals surface area contributed by atoms with Crippen molar-refractivity contribution in [2.24, 2.45) is 11.7 Å². The average Bonchev–Trinajstić information content (AvgIpc) is 2.65. The van der Waals surface area contributed by atoms with E-state index in [2.05, 4.69) is 10.6 Å². The van der Waals surface area contributed by atoms with Crippen LogP contribution >= 0.6 is 0 Å². The number of benzene rings is 1. The molecule has 0 aliphatic rings. The summed E-state index contributed by atoms with van der Waals surface area (Å²) in [5.41, 5.74) is 7.60. The van der Waals surface area contributed by atoms with Crippen molar-refractivity contribution >= 4 is 17.8 Å². The van der Waals surface area contributed by atoms with E-state index in [-0.39, 0.29) is 5.92 Å². The molecular weight excluding hydrogens is 362 g/mol. The van der Waals surface area contributed by atoms with Gasteiger partial charge in [0.05, 0.1) is 13.2 Å². The molecule has 1 aromatic carbocycles. The number of carbonyl (C=O) groups excluding carboxylic acids is 3. The maximum Gasteiger partial charge on any atom is 0.328 e. The number of amides is 2. The van der Waals surface area contributed by atoms with Crippen molar-refractivity contribution < 1.29 is 24.2 Å². The monoisotopic (exact) mass is 393 g/mol. The van der Waals surface area contributed by atoms with Gasteiger partial charge < -0.3 is 26.2 Å². The van der Waals surface area contributed by atoms with Gasteiger partial charge in [-0.1, -0.05) is 43.7 Å². The molecule has 1 aromatic rings. The number of nitrogens with two attached hydrogens (primary N) is 1. The molecule has 0 aliphatic carbocycles. The molecule has 4 atom stereocenters. The van der Waals surface area contributed by atoms with E-state index in [9.17, 15) is 19.5 Å². The summed E-state index contributed by atoms with van der Waals surface area (Å²) in [6.45, 7) is 7.20. The predicted molar refractivity (Wildman–Crippen MR) is 105 cm³/mol. The molecule has 0 bridgehead atoms. The second kappa shape index (κ2) is 10.8. The molecule has 8 nitrogen and oxygen atoms in total. The van der Waals surface area contributed by atoms with Gasteiger partial charge in [0.2, 0.25) is 5.91 Å². The average molecular weight is 393 g/mol. The van der Waals surface area contributed by atoms with Crippen LogP contribution in [-0.4, -0.2) is 48.2 Å². The van der Waals surface area contributed by atoms with Gasteiger partial charge in [-0.2, -0.15) is 0 Å². The topological polar surface area (TPSA) is 131 Å². The quantitative estimate of drug-likeness (QED) is 0.454. The van der Waals surface area contributed by atoms with E-state index in [4.69, 9.17) is 10.5 Å². The Kier molecular flexibility index (Phi) is 9.08. The third-order valence-corrected chi connectivity index (χ3v) is 4.33. The summed E-state index contributed by atoms with van der Waals surface area (Å²) < 4.78 is 4.70. The van der Waals surface area contributed by atoms with Gasteiger partial charge in [-0.3, -0.25) is 9.59 Å². The molecule has 156 valence electrons. The first-order chi connectivity index (χ1) is 13.1. The van der Waals surface area contributed by atoms with E-state index in [1.54, 1.807) is 12.1 Å². The zero-order chi connectivity index (χ0) is 21.4. The third-order valence-electron chi connectivity index (χ3n) is 4.33. The zero-order valence-corrected chi connectivity index (χ0v) is 17.1. The Labute approximate surface area is 165 Å². The van der Waals surface area contributed by atoms with Gasteiger partial charge >= 0.3 is 5.97 Å². The highest BCUT2D eigenvalue weighted by Gasteiger charge is 2.29. The number of aliphatic hydroxyl groups excluding tert-OH is 1. The van der Waals surface area contributed by atoms with Crippen molar-refractivity contribution in [2.45, 2.75) is 58.3 Å². The Hall–Kier alpha value is -2.45. The SMILES string of the molecule is COC(=O)C(CC(C)C)NC(=O)C(C)NC(=O)C(O)C(N)c1ccc(C)cc1. The molecule has 5 N–H and O–H groups in total. The summed E-state index contributed by atoms with van der Waals surface area (Å²) in [7, 11) is 1.25. The number of carbonyl (C=O) groups is 3. The van der Waals surface area contributed by atoms with E-state index in [0.717, 1.165) is 5.56 Å². The first-order valence-corrected chi connectivity index (χ1v) is 9.25. The molecule has 0 aliphatic heterocycles. The van der Waals surface area contributed by atoms with Gasteiger partial charge in [0.15, 0.2) is 6.10 Å². The van der Waals surface area contributed by atoms with Crippen LogP contribution < -0.4 is 16.4 Å². The second-order valence-electron chi connectivity index (χ2n) is 7.33. The lowest BCUT2D eigenvalue weighted by Gasteiger charge is -2.23. The van der Waals surface area contributed by atoms with E-state index in [1.807, 2.05) is 32.9 Å². The van der Waals surface area contributed by atoms with E-state index in [0.29, 0.717) is 12.0 Å². The Balaban J connectivity index is 2.69. The largest absolute Gasteiger partial charge is 0.467 e. The smallest absolute Gasteiger partial charge is 0.328 e. The summed E-state index contributed by atoms with van der Waals surface area (Å²) in [6.07, 6.45) is -1.12. The molecule has 0 radical (unpaired) electrons. The van der Waals surface area contributed by atoms with Gasteiger partial charge in [0, 0.05) is 0 Å². The van der Waals surface area contributed by atoms with Gasteiger partial charge in [-0.15, -0.1) is 0 Å². The number of hydrogen-bond donors (Lipinski definition) is 4. The number of rotatable bonds is 9. The lowest BCUT2D eigenvalue weighted by atomic mass is 10.0. The maximum absolute atomic E-state index is 12.3. The number of aliphatic hydroxyl groups is 1. The molecule has 0 spiro atoms. The minimum atomic E-state index is -1.52. The summed E-state index contributed by atoms with van der Waals surface area (Å²) in [6, 6.07) is 4.43. The molecule has 0 heterocycles. The van der Waals surface area contributed by atoms with Crippen molar-refractivity contribution in [1.82, 2.24) is 10.6 Å². The van der Waals surface area contributed by atoms with Crippen LogP contribution in [0.5, 0.6) is 0 Å². The van der Waals surface area contributed by atoms with Crippen molar-refractivity contribution in [2.75, 3.05) is 7.11 Å². The summed E-state index contributed by atoms with van der Waals surface area (Å²) in [5, 5.41) is 15.2. The van der Waals surface area contributed by atoms with Gasteiger partial charge in [-0.05, 0) is 31.7 Å². The second-order valence-corrected chi connectivity index (χ2v) is 7.33. The molecule has 0 saturated heterocycles. The fourth-order valence-corrected chi connectivity index (χ4v) is 2.62. The van der Waals surface area contributed by atoms with E-state index < -0.39 is 42.0 Å². The summed E-state index contributed by atoms with van der Waals surface area (Å²) >= 11 is 0. The van der Waals surface area contributed by atoms with E-state index in [1.165, 1.54) is 14.0 Å². The number of aryl methyl sites for hydroxylation is 1. The number of hydrogen-bond acceptors (Lipinski definition) is 6. The van der Waals surface area contributed by atoms with Crippen molar-refractivity contribution in [3.8, 4) is 0 Å². The Morgan fingerprint density at radius 2 is 1.64 bits per heavy atom. The van der Waals surface area contributed by atoms with E-state index >= 15 is 0 Å². The number of ether oxygens (including phenoxy) is 1. The van der Waals surface area contributed by atoms with Crippen LogP contribution in [0, 0.1) is 12.8 Å². The van der Waals surface area contributed by atoms with Crippen molar-refractivity contribution in [3.05, 3.63) is 35.4 Å². The third kappa shape index (κ3) is 6.94. The number of esters is 1. The number of nitrogens with one attached hydrogen (secondary N) is 2. The fourth-order valence-electron chi connectivity index (χ4n) is 2.62. The Morgan fingerprint density at radius 1 is 1.07 bits per heavy atom. The molecule has 2 amide bonds. The van der Waals surface area contributed by atoms with Crippen LogP contribution in [0.15, 0.2) is 24.3 Å². The molecule has 8 heteroatoms. The highest BCUT2D eigenvalue weighted by atomic mass is 16.5. The normalized spacial score (nSPS) is 15.3. The Morgan fingerprint density at radius 3 is 2.14 bits per heavy atom. The summed E-state index contributed by atoms with van der Waals surface area (Å²) in [4.78, 5) is 36.4. The van der Waals surface area contributed by atoms with Crippen LogP contribution in [0.1, 0.15) is 44.4 Å².